The van der Waals surface area contributed by atoms with Crippen LogP contribution in [0.2, 0.25) is 0 Å². The Morgan fingerprint density at radius 3 is 2.77 bits per heavy atom. The topological polar surface area (TPSA) is 65.8 Å². The maximum Gasteiger partial charge on any atom is 0.246 e. The number of halogens is 1. The molecule has 0 saturated carbocycles. The maximum atomic E-state index is 12.6. The molecule has 3 rings (SSSR count). The van der Waals surface area contributed by atoms with Gasteiger partial charge in [-0.1, -0.05) is 0 Å². The van der Waals surface area contributed by atoms with E-state index in [1.165, 1.54) is 9.75 Å². The fraction of sp³-hybridized carbons (Fsp3) is 0.471. The average molecular weight is 488 g/mol. The smallest absolute Gasteiger partial charge is 0.246 e. The molecule has 1 amide bonds. The predicted octanol–water partition coefficient (Wildman–Crippen LogP) is 2.22. The fourth-order valence-corrected chi connectivity index (χ4v) is 3.64. The molecule has 0 unspecified atom stereocenters. The molecule has 0 atom stereocenters. The second kappa shape index (κ2) is 9.36. The van der Waals surface area contributed by atoms with Crippen LogP contribution in [0.25, 0.3) is 0 Å². The summed E-state index contributed by atoms with van der Waals surface area (Å²) >= 11 is 1.76. The number of aryl methyl sites for hydroxylation is 2. The van der Waals surface area contributed by atoms with Gasteiger partial charge in [0.15, 0.2) is 5.96 Å². The quantitative estimate of drug-likeness (QED) is 0.408. The van der Waals surface area contributed by atoms with Gasteiger partial charge in [-0.05, 0) is 26.0 Å². The summed E-state index contributed by atoms with van der Waals surface area (Å²) in [5.41, 5.74) is 0.850. The standard InChI is InChI=1S/C17H24N6OS.HI/c1-4-18-17(19-10-15-6-5-13(2)25-15)22-7-8-23(16(24)12-22)14-9-20-21(3)11-14;/h5-6,9,11H,4,7-8,10,12H2,1-3H3,(H,18,19);1H. The van der Waals surface area contributed by atoms with Gasteiger partial charge < -0.3 is 15.1 Å². The van der Waals surface area contributed by atoms with E-state index in [1.807, 2.05) is 25.1 Å². The summed E-state index contributed by atoms with van der Waals surface area (Å²) in [7, 11) is 1.85. The number of guanidine groups is 1. The summed E-state index contributed by atoms with van der Waals surface area (Å²) in [4.78, 5) is 23.6. The van der Waals surface area contributed by atoms with Gasteiger partial charge in [0.25, 0.3) is 0 Å². The number of nitrogens with one attached hydrogen (secondary N) is 1. The molecule has 1 aliphatic heterocycles. The molecule has 0 aliphatic carbocycles. The zero-order chi connectivity index (χ0) is 17.8. The Bertz CT molecular complexity index is 771. The molecule has 1 fully saturated rings. The minimum absolute atomic E-state index is 0. The highest BCUT2D eigenvalue weighted by Gasteiger charge is 2.27. The Kier molecular flexibility index (Phi) is 7.44. The Labute approximate surface area is 175 Å². The lowest BCUT2D eigenvalue weighted by Gasteiger charge is -2.35. The van der Waals surface area contributed by atoms with Crippen LogP contribution in [0.15, 0.2) is 29.5 Å². The first-order valence-corrected chi connectivity index (χ1v) is 9.26. The van der Waals surface area contributed by atoms with Crippen LogP contribution in [0.5, 0.6) is 0 Å². The Morgan fingerprint density at radius 1 is 1.38 bits per heavy atom. The van der Waals surface area contributed by atoms with E-state index in [0.717, 1.165) is 24.7 Å². The van der Waals surface area contributed by atoms with E-state index in [9.17, 15) is 4.79 Å². The molecule has 0 radical (unpaired) electrons. The largest absolute Gasteiger partial charge is 0.356 e. The minimum atomic E-state index is 0. The molecule has 1 saturated heterocycles. The van der Waals surface area contributed by atoms with Crippen molar-refractivity contribution < 1.29 is 4.79 Å². The van der Waals surface area contributed by atoms with Gasteiger partial charge in [0.1, 0.15) is 6.54 Å². The van der Waals surface area contributed by atoms with Gasteiger partial charge in [-0.3, -0.25) is 9.48 Å². The maximum absolute atomic E-state index is 12.6. The Morgan fingerprint density at radius 2 is 2.19 bits per heavy atom. The first-order chi connectivity index (χ1) is 12.1. The molecule has 1 aliphatic rings. The van der Waals surface area contributed by atoms with Gasteiger partial charge >= 0.3 is 0 Å². The number of nitrogens with zero attached hydrogens (tertiary/aromatic N) is 5. The van der Waals surface area contributed by atoms with Crippen molar-refractivity contribution in [1.29, 1.82) is 0 Å². The van der Waals surface area contributed by atoms with Crippen LogP contribution in [0.1, 0.15) is 16.7 Å². The third-order valence-electron chi connectivity index (χ3n) is 4.04. The fourth-order valence-electron chi connectivity index (χ4n) is 2.82. The number of aliphatic imine (C=N–C) groups is 1. The summed E-state index contributed by atoms with van der Waals surface area (Å²) in [5, 5.41) is 7.45. The number of hydrogen-bond acceptors (Lipinski definition) is 4. The molecule has 0 bridgehead atoms. The highest BCUT2D eigenvalue weighted by molar-refractivity contribution is 14.0. The van der Waals surface area contributed by atoms with Crippen molar-refractivity contribution in [2.24, 2.45) is 12.0 Å². The number of carbonyl (C=O) groups excluding carboxylic acids is 1. The van der Waals surface area contributed by atoms with Crippen molar-refractivity contribution in [3.8, 4) is 0 Å². The van der Waals surface area contributed by atoms with Gasteiger partial charge in [-0.15, -0.1) is 35.3 Å². The van der Waals surface area contributed by atoms with Crippen molar-refractivity contribution in [2.75, 3.05) is 31.1 Å². The van der Waals surface area contributed by atoms with Gasteiger partial charge in [-0.2, -0.15) is 5.10 Å². The monoisotopic (exact) mass is 488 g/mol. The molecule has 9 heteroatoms. The van der Waals surface area contributed by atoms with Crippen molar-refractivity contribution in [3.05, 3.63) is 34.3 Å². The minimum Gasteiger partial charge on any atom is -0.356 e. The van der Waals surface area contributed by atoms with Crippen LogP contribution in [0.4, 0.5) is 5.69 Å². The van der Waals surface area contributed by atoms with Crippen LogP contribution >= 0.6 is 35.3 Å². The van der Waals surface area contributed by atoms with Crippen LogP contribution < -0.4 is 10.2 Å². The number of hydrogen-bond donors (Lipinski definition) is 1. The zero-order valence-electron chi connectivity index (χ0n) is 15.3. The van der Waals surface area contributed by atoms with E-state index >= 15 is 0 Å². The number of rotatable bonds is 4. The van der Waals surface area contributed by atoms with Crippen LogP contribution in [-0.4, -0.2) is 52.7 Å². The van der Waals surface area contributed by atoms with E-state index in [-0.39, 0.29) is 29.9 Å². The summed E-state index contributed by atoms with van der Waals surface area (Å²) in [5.74, 6) is 0.865. The molecule has 1 N–H and O–H groups in total. The van der Waals surface area contributed by atoms with Gasteiger partial charge in [0.2, 0.25) is 5.91 Å². The Balaban J connectivity index is 0.00000243. The molecular weight excluding hydrogens is 463 g/mol. The molecule has 0 spiro atoms. The Hall–Kier alpha value is -1.62. The van der Waals surface area contributed by atoms with Crippen molar-refractivity contribution in [2.45, 2.75) is 20.4 Å². The molecule has 0 aromatic carbocycles. The molecule has 2 aromatic heterocycles. The number of piperazine rings is 1. The van der Waals surface area contributed by atoms with E-state index in [2.05, 4.69) is 29.5 Å². The van der Waals surface area contributed by atoms with Gasteiger partial charge in [0, 0.05) is 42.6 Å². The average Bonchev–Trinajstić information content (AvgIpc) is 3.19. The number of aromatic nitrogens is 2. The predicted molar refractivity (Wildman–Crippen MR) is 116 cm³/mol. The van der Waals surface area contributed by atoms with Crippen LogP contribution in [-0.2, 0) is 18.4 Å². The number of anilines is 1. The van der Waals surface area contributed by atoms with Crippen LogP contribution in [0, 0.1) is 6.92 Å². The number of carbonyl (C=O) groups is 1. The summed E-state index contributed by atoms with van der Waals surface area (Å²) in [6.45, 7) is 7.25. The third-order valence-corrected chi connectivity index (χ3v) is 5.02. The molecule has 7 nitrogen and oxygen atoms in total. The van der Waals surface area contributed by atoms with Crippen molar-refractivity contribution in [1.82, 2.24) is 20.0 Å². The SMILES string of the molecule is CCNC(=NCc1ccc(C)s1)N1CCN(c2cnn(C)c2)C(=O)C1.I. The highest BCUT2D eigenvalue weighted by Crippen LogP contribution is 2.18. The second-order valence-corrected chi connectivity index (χ2v) is 7.39. The molecule has 3 heterocycles. The number of thiophene rings is 1. The summed E-state index contributed by atoms with van der Waals surface area (Å²) in [6.07, 6.45) is 3.60. The lowest BCUT2D eigenvalue weighted by molar-refractivity contribution is -0.120. The highest BCUT2D eigenvalue weighted by atomic mass is 127. The lowest BCUT2D eigenvalue weighted by Crippen LogP contribution is -2.55. The lowest BCUT2D eigenvalue weighted by atomic mass is 10.3. The van der Waals surface area contributed by atoms with E-state index in [0.29, 0.717) is 19.6 Å². The summed E-state index contributed by atoms with van der Waals surface area (Å²) < 4.78 is 1.71. The van der Waals surface area contributed by atoms with Gasteiger partial charge in [-0.25, -0.2) is 4.99 Å². The van der Waals surface area contributed by atoms with E-state index in [1.54, 1.807) is 27.1 Å². The van der Waals surface area contributed by atoms with Crippen LogP contribution in [0.3, 0.4) is 0 Å². The van der Waals surface area contributed by atoms with Gasteiger partial charge in [0.05, 0.1) is 18.4 Å². The normalized spacial score (nSPS) is 15.2. The molecular formula is C17H25IN6OS. The zero-order valence-corrected chi connectivity index (χ0v) is 18.5. The van der Waals surface area contributed by atoms with E-state index in [4.69, 9.17) is 4.99 Å². The third kappa shape index (κ3) is 4.97. The summed E-state index contributed by atoms with van der Waals surface area (Å²) in [6, 6.07) is 4.22. The van der Waals surface area contributed by atoms with Crippen molar-refractivity contribution >= 4 is 52.9 Å². The molecule has 142 valence electrons. The molecule has 26 heavy (non-hydrogen) atoms. The van der Waals surface area contributed by atoms with E-state index < -0.39 is 0 Å². The molecule has 2 aromatic rings. The second-order valence-electron chi connectivity index (χ2n) is 6.02. The first kappa shape index (κ1) is 20.7. The van der Waals surface area contributed by atoms with Crippen molar-refractivity contribution in [3.63, 3.8) is 0 Å². The number of amides is 1. The first-order valence-electron chi connectivity index (χ1n) is 8.44.